The Kier molecular flexibility index (Phi) is 5.34. The molecule has 4 rings (SSSR count). The van der Waals surface area contributed by atoms with Gasteiger partial charge in [0.05, 0.1) is 17.3 Å². The predicted molar refractivity (Wildman–Crippen MR) is 119 cm³/mol. The average molecular weight is 422 g/mol. The molecule has 4 aromatic rings. The summed E-state index contributed by atoms with van der Waals surface area (Å²) in [6.45, 7) is 0. The third kappa shape index (κ3) is 4.01. The third-order valence-electron chi connectivity index (χ3n) is 4.49. The molecule has 1 heterocycles. The predicted octanol–water partition coefficient (Wildman–Crippen LogP) is 5.75. The molecule has 4 nitrogen and oxygen atoms in total. The van der Waals surface area contributed by atoms with E-state index in [-0.39, 0.29) is 4.87 Å². The zero-order valence-corrected chi connectivity index (χ0v) is 17.0. The van der Waals surface area contributed by atoms with Crippen molar-refractivity contribution in [3.63, 3.8) is 0 Å². The van der Waals surface area contributed by atoms with Crippen molar-refractivity contribution >= 4 is 45.1 Å². The molecule has 0 aliphatic heterocycles. The molecule has 0 unspecified atom stereocenters. The molecule has 0 N–H and O–H groups in total. The summed E-state index contributed by atoms with van der Waals surface area (Å²) in [6, 6.07) is 20.6. The first-order chi connectivity index (χ1) is 14.0. The van der Waals surface area contributed by atoms with Gasteiger partial charge in [0.1, 0.15) is 5.75 Å². The van der Waals surface area contributed by atoms with Crippen LogP contribution in [0.2, 0.25) is 5.02 Å². The lowest BCUT2D eigenvalue weighted by atomic mass is 10.0. The van der Waals surface area contributed by atoms with Crippen LogP contribution in [0.15, 0.2) is 77.6 Å². The molecule has 0 saturated heterocycles. The van der Waals surface area contributed by atoms with Crippen molar-refractivity contribution in [3.8, 4) is 16.9 Å². The summed E-state index contributed by atoms with van der Waals surface area (Å²) in [5, 5.41) is 0.532. The Labute approximate surface area is 176 Å². The number of hydrogen-bond donors (Lipinski definition) is 0. The number of methoxy groups -OCH3 is 1. The molecule has 29 heavy (non-hydrogen) atoms. The second kappa shape index (κ2) is 8.07. The van der Waals surface area contributed by atoms with Gasteiger partial charge in [-0.05, 0) is 59.2 Å². The van der Waals surface area contributed by atoms with Gasteiger partial charge in [0, 0.05) is 11.1 Å². The number of ether oxygens (including phenoxy) is 1. The van der Waals surface area contributed by atoms with Crippen LogP contribution in [-0.2, 0) is 0 Å². The normalized spacial score (nSPS) is 11.2. The quantitative estimate of drug-likeness (QED) is 0.394. The molecule has 144 valence electrons. The fourth-order valence-electron chi connectivity index (χ4n) is 3.05. The van der Waals surface area contributed by atoms with Crippen LogP contribution >= 0.6 is 22.9 Å². The minimum atomic E-state index is -0.390. The second-order valence-corrected chi connectivity index (χ2v) is 7.77. The number of benzene rings is 3. The number of halogens is 1. The van der Waals surface area contributed by atoms with Crippen LogP contribution in [0, 0.1) is 0 Å². The number of allylic oxidation sites excluding steroid dienone is 1. The molecule has 0 atom stereocenters. The van der Waals surface area contributed by atoms with Crippen LogP contribution in [0.5, 0.6) is 5.75 Å². The molecule has 0 amide bonds. The summed E-state index contributed by atoms with van der Waals surface area (Å²) in [5.41, 5.74) is 3.49. The second-order valence-electron chi connectivity index (χ2n) is 6.34. The van der Waals surface area contributed by atoms with Gasteiger partial charge in [0.25, 0.3) is 5.91 Å². The van der Waals surface area contributed by atoms with Crippen LogP contribution < -0.4 is 9.61 Å². The monoisotopic (exact) mass is 421 g/mol. The minimum absolute atomic E-state index is 0.330. The molecule has 0 fully saturated rings. The topological polar surface area (TPSA) is 48.3 Å². The van der Waals surface area contributed by atoms with Crippen molar-refractivity contribution in [2.45, 2.75) is 0 Å². The Hall–Kier alpha value is -3.15. The highest BCUT2D eigenvalue weighted by molar-refractivity contribution is 7.16. The standard InChI is InChI=1S/C23H16ClNO3S/c1-28-19-9-6-16(7-10-19)17-4-2-3-15(13-17)5-12-22(26)25-20-11-8-18(24)14-21(20)29-23(25)27/h2-14H,1H3. The van der Waals surface area contributed by atoms with Gasteiger partial charge >= 0.3 is 4.87 Å². The lowest BCUT2D eigenvalue weighted by Gasteiger charge is -2.05. The first kappa shape index (κ1) is 19.2. The van der Waals surface area contributed by atoms with E-state index in [0.717, 1.165) is 33.8 Å². The highest BCUT2D eigenvalue weighted by Crippen LogP contribution is 2.24. The Morgan fingerprint density at radius 1 is 1.03 bits per heavy atom. The van der Waals surface area contributed by atoms with E-state index in [1.165, 1.54) is 10.6 Å². The van der Waals surface area contributed by atoms with Gasteiger partial charge in [0.2, 0.25) is 0 Å². The van der Waals surface area contributed by atoms with E-state index in [4.69, 9.17) is 16.3 Å². The van der Waals surface area contributed by atoms with E-state index in [2.05, 4.69) is 0 Å². The molecular formula is C23H16ClNO3S. The van der Waals surface area contributed by atoms with Crippen LogP contribution in [-0.4, -0.2) is 17.6 Å². The number of fused-ring (bicyclic) bond motifs is 1. The van der Waals surface area contributed by atoms with Gasteiger partial charge in [-0.25, -0.2) is 4.57 Å². The highest BCUT2D eigenvalue weighted by atomic mass is 35.5. The van der Waals surface area contributed by atoms with Crippen LogP contribution in [0.3, 0.4) is 0 Å². The zero-order valence-electron chi connectivity index (χ0n) is 15.5. The van der Waals surface area contributed by atoms with E-state index in [1.54, 1.807) is 31.4 Å². The van der Waals surface area contributed by atoms with Crippen molar-refractivity contribution in [2.24, 2.45) is 0 Å². The van der Waals surface area contributed by atoms with Crippen molar-refractivity contribution in [3.05, 3.63) is 93.1 Å². The fourth-order valence-corrected chi connectivity index (χ4v) is 4.20. The third-order valence-corrected chi connectivity index (χ3v) is 5.63. The van der Waals surface area contributed by atoms with Gasteiger partial charge in [-0.2, -0.15) is 0 Å². The molecule has 0 saturated carbocycles. The Morgan fingerprint density at radius 3 is 2.59 bits per heavy atom. The number of aromatic nitrogens is 1. The molecular weight excluding hydrogens is 406 g/mol. The fraction of sp³-hybridized carbons (Fsp3) is 0.0435. The number of hydrogen-bond acceptors (Lipinski definition) is 4. The van der Waals surface area contributed by atoms with Crippen molar-refractivity contribution in [1.82, 2.24) is 4.57 Å². The number of thiazole rings is 1. The van der Waals surface area contributed by atoms with Crippen molar-refractivity contribution < 1.29 is 9.53 Å². The summed E-state index contributed by atoms with van der Waals surface area (Å²) < 4.78 is 7.05. The summed E-state index contributed by atoms with van der Waals surface area (Å²) in [7, 11) is 1.63. The molecule has 0 radical (unpaired) electrons. The van der Waals surface area contributed by atoms with Crippen LogP contribution in [0.25, 0.3) is 27.4 Å². The molecule has 3 aromatic carbocycles. The summed E-state index contributed by atoms with van der Waals surface area (Å²) >= 11 is 6.98. The van der Waals surface area contributed by atoms with E-state index in [0.29, 0.717) is 15.2 Å². The maximum atomic E-state index is 12.7. The van der Waals surface area contributed by atoms with E-state index >= 15 is 0 Å². The first-order valence-electron chi connectivity index (χ1n) is 8.83. The Morgan fingerprint density at radius 2 is 1.83 bits per heavy atom. The highest BCUT2D eigenvalue weighted by Gasteiger charge is 2.12. The zero-order chi connectivity index (χ0) is 20.4. The Balaban J connectivity index is 1.62. The number of rotatable bonds is 4. The molecule has 1 aromatic heterocycles. The molecule has 0 spiro atoms. The summed E-state index contributed by atoms with van der Waals surface area (Å²) in [5.74, 6) is 0.406. The Bertz CT molecular complexity index is 1290. The SMILES string of the molecule is COc1ccc(-c2cccc(C=CC(=O)n3c(=O)sc4cc(Cl)ccc43)c2)cc1. The lowest BCUT2D eigenvalue weighted by molar-refractivity contribution is 0.0972. The van der Waals surface area contributed by atoms with Crippen molar-refractivity contribution in [1.29, 1.82) is 0 Å². The summed E-state index contributed by atoms with van der Waals surface area (Å²) in [6.07, 6.45) is 3.12. The molecule has 0 aliphatic rings. The molecule has 6 heteroatoms. The van der Waals surface area contributed by atoms with E-state index in [9.17, 15) is 9.59 Å². The van der Waals surface area contributed by atoms with Gasteiger partial charge < -0.3 is 4.74 Å². The number of nitrogens with zero attached hydrogens (tertiary/aromatic N) is 1. The van der Waals surface area contributed by atoms with Crippen LogP contribution in [0.1, 0.15) is 10.4 Å². The first-order valence-corrected chi connectivity index (χ1v) is 10.0. The smallest absolute Gasteiger partial charge is 0.315 e. The van der Waals surface area contributed by atoms with Crippen LogP contribution in [0.4, 0.5) is 0 Å². The van der Waals surface area contributed by atoms with Gasteiger partial charge in [-0.3, -0.25) is 9.59 Å². The average Bonchev–Trinajstić information content (AvgIpc) is 3.07. The maximum absolute atomic E-state index is 12.7. The number of carbonyl (C=O) groups is 1. The summed E-state index contributed by atoms with van der Waals surface area (Å²) in [4.78, 5) is 24.6. The number of carbonyl (C=O) groups excluding carboxylic acids is 1. The maximum Gasteiger partial charge on any atom is 0.315 e. The van der Waals surface area contributed by atoms with E-state index < -0.39 is 5.91 Å². The van der Waals surface area contributed by atoms with Gasteiger partial charge in [0.15, 0.2) is 0 Å². The van der Waals surface area contributed by atoms with Gasteiger partial charge in [-0.15, -0.1) is 0 Å². The lowest BCUT2D eigenvalue weighted by Crippen LogP contribution is -2.19. The minimum Gasteiger partial charge on any atom is -0.497 e. The molecule has 0 aliphatic carbocycles. The van der Waals surface area contributed by atoms with Crippen molar-refractivity contribution in [2.75, 3.05) is 7.11 Å². The molecule has 0 bridgehead atoms. The largest absolute Gasteiger partial charge is 0.497 e. The van der Waals surface area contributed by atoms with Gasteiger partial charge in [-0.1, -0.05) is 53.3 Å². The van der Waals surface area contributed by atoms with E-state index in [1.807, 2.05) is 48.5 Å².